The number of hydrogen-bond donors (Lipinski definition) is 1. The van der Waals surface area contributed by atoms with E-state index in [1.807, 2.05) is 50.8 Å². The van der Waals surface area contributed by atoms with Crippen LogP contribution in [0.5, 0.6) is 0 Å². The van der Waals surface area contributed by atoms with Crippen molar-refractivity contribution in [2.75, 3.05) is 26.2 Å². The number of hydrogen-bond acceptors (Lipinski definition) is 8. The lowest BCUT2D eigenvalue weighted by Crippen LogP contribution is -2.66. The summed E-state index contributed by atoms with van der Waals surface area (Å²) in [6, 6.07) is 10.1. The smallest absolute Gasteiger partial charge is 0.410 e. The summed E-state index contributed by atoms with van der Waals surface area (Å²) in [7, 11) is 0. The van der Waals surface area contributed by atoms with E-state index in [1.54, 1.807) is 24.2 Å². The Labute approximate surface area is 258 Å². The van der Waals surface area contributed by atoms with Gasteiger partial charge in [0.2, 0.25) is 17.6 Å². The van der Waals surface area contributed by atoms with Gasteiger partial charge in [0.15, 0.2) is 0 Å². The SMILES string of the molecule is CC(=O)N1CCC(c2nc(-c3cncc(C(O)(c4ccc(C5(C)CC5)cc4)C4(C)CN(C(=O)OC(C)(C)C)C4)c3)no2)CC1. The van der Waals surface area contributed by atoms with Crippen LogP contribution in [0.15, 0.2) is 47.2 Å². The van der Waals surface area contributed by atoms with Gasteiger partial charge in [-0.15, -0.1) is 0 Å². The van der Waals surface area contributed by atoms with Crippen molar-refractivity contribution in [1.29, 1.82) is 0 Å². The number of carbonyl (C=O) groups is 2. The van der Waals surface area contributed by atoms with Crippen molar-refractivity contribution in [3.8, 4) is 11.4 Å². The molecule has 4 heterocycles. The largest absolute Gasteiger partial charge is 0.444 e. The maximum absolute atomic E-state index is 12.9. The minimum Gasteiger partial charge on any atom is -0.444 e. The first kappa shape index (κ1) is 30.2. The molecule has 1 saturated carbocycles. The van der Waals surface area contributed by atoms with Gasteiger partial charge >= 0.3 is 6.09 Å². The number of pyridine rings is 1. The van der Waals surface area contributed by atoms with Gasteiger partial charge in [-0.25, -0.2) is 4.79 Å². The van der Waals surface area contributed by atoms with Crippen LogP contribution in [-0.2, 0) is 20.5 Å². The maximum atomic E-state index is 12.9. The predicted molar refractivity (Wildman–Crippen MR) is 164 cm³/mol. The van der Waals surface area contributed by atoms with E-state index < -0.39 is 22.7 Å². The number of benzene rings is 1. The molecular formula is C34H43N5O5. The van der Waals surface area contributed by atoms with Crippen molar-refractivity contribution in [3.05, 3.63) is 65.3 Å². The van der Waals surface area contributed by atoms with Crippen molar-refractivity contribution < 1.29 is 24.0 Å². The number of ether oxygens (including phenoxy) is 1. The van der Waals surface area contributed by atoms with Gasteiger partial charge in [0.25, 0.3) is 0 Å². The Balaban J connectivity index is 1.31. The van der Waals surface area contributed by atoms with Crippen LogP contribution >= 0.6 is 0 Å². The highest BCUT2D eigenvalue weighted by Gasteiger charge is 2.58. The van der Waals surface area contributed by atoms with Gasteiger partial charge < -0.3 is 24.2 Å². The number of carbonyl (C=O) groups excluding carboxylic acids is 2. The zero-order valence-electron chi connectivity index (χ0n) is 26.6. The number of nitrogens with zero attached hydrogens (tertiary/aromatic N) is 5. The van der Waals surface area contributed by atoms with Gasteiger partial charge in [0, 0.05) is 68.0 Å². The third kappa shape index (κ3) is 5.49. The standard InChI is InChI=1S/C34H43N5O5/c1-22(40)38-15-11-23(12-16-38)29-36-28(37-44-29)24-17-27(19-35-18-24)34(42,26-9-7-25(8-10-26)32(5)13-14-32)33(6)20-39(21-33)30(41)43-31(2,3)4/h7-10,17-19,23,42H,11-16,20-21H2,1-6H3. The van der Waals surface area contributed by atoms with Gasteiger partial charge in [-0.1, -0.05) is 43.3 Å². The summed E-state index contributed by atoms with van der Waals surface area (Å²) in [5.74, 6) is 1.11. The summed E-state index contributed by atoms with van der Waals surface area (Å²) < 4.78 is 11.3. The van der Waals surface area contributed by atoms with Crippen molar-refractivity contribution in [2.24, 2.45) is 5.41 Å². The molecule has 0 spiro atoms. The van der Waals surface area contributed by atoms with Gasteiger partial charge in [0.1, 0.15) is 11.2 Å². The zero-order chi connectivity index (χ0) is 31.5. The average Bonchev–Trinajstić information content (AvgIpc) is 3.53. The summed E-state index contributed by atoms with van der Waals surface area (Å²) in [6.45, 7) is 13.3. The number of aromatic nitrogens is 3. The van der Waals surface area contributed by atoms with Crippen molar-refractivity contribution in [1.82, 2.24) is 24.9 Å². The molecule has 1 aliphatic carbocycles. The monoisotopic (exact) mass is 601 g/mol. The van der Waals surface area contributed by atoms with Gasteiger partial charge in [0.05, 0.1) is 0 Å². The van der Waals surface area contributed by atoms with E-state index >= 15 is 0 Å². The normalized spacial score (nSPS) is 20.9. The fourth-order valence-corrected chi connectivity index (χ4v) is 6.65. The van der Waals surface area contributed by atoms with E-state index in [0.717, 1.165) is 31.2 Å². The fraction of sp³-hybridized carbons (Fsp3) is 0.559. The van der Waals surface area contributed by atoms with E-state index in [4.69, 9.17) is 14.2 Å². The molecule has 1 atom stereocenters. The van der Waals surface area contributed by atoms with Crippen molar-refractivity contribution in [2.45, 2.75) is 89.8 Å². The third-order valence-corrected chi connectivity index (χ3v) is 9.75. The van der Waals surface area contributed by atoms with Gasteiger partial charge in [-0.2, -0.15) is 4.98 Å². The lowest BCUT2D eigenvalue weighted by atomic mass is 9.62. The van der Waals surface area contributed by atoms with Crippen LogP contribution in [0.1, 0.15) is 95.7 Å². The number of piperidine rings is 1. The lowest BCUT2D eigenvalue weighted by Gasteiger charge is -2.56. The molecule has 2 saturated heterocycles. The molecule has 3 aliphatic rings. The molecule has 234 valence electrons. The minimum absolute atomic E-state index is 0.0794. The van der Waals surface area contributed by atoms with E-state index in [2.05, 4.69) is 29.2 Å². The molecule has 0 radical (unpaired) electrons. The van der Waals surface area contributed by atoms with Crippen LogP contribution in [-0.4, -0.2) is 73.8 Å². The molecule has 10 heteroatoms. The fourth-order valence-electron chi connectivity index (χ4n) is 6.65. The van der Waals surface area contributed by atoms with Gasteiger partial charge in [-0.3, -0.25) is 9.78 Å². The number of likely N-dealkylation sites (tertiary alicyclic amines) is 2. The van der Waals surface area contributed by atoms with Crippen LogP contribution in [0.25, 0.3) is 11.4 Å². The topological polar surface area (TPSA) is 122 Å². The van der Waals surface area contributed by atoms with Gasteiger partial charge in [-0.05, 0) is 69.1 Å². The molecule has 3 aromatic rings. The highest BCUT2D eigenvalue weighted by Crippen LogP contribution is 2.52. The summed E-state index contributed by atoms with van der Waals surface area (Å²) in [5, 5.41) is 17.1. The van der Waals surface area contributed by atoms with Crippen molar-refractivity contribution >= 4 is 12.0 Å². The zero-order valence-corrected chi connectivity index (χ0v) is 26.6. The molecule has 1 N–H and O–H groups in total. The first-order chi connectivity index (χ1) is 20.7. The Morgan fingerprint density at radius 3 is 2.25 bits per heavy atom. The molecule has 10 nitrogen and oxygen atoms in total. The van der Waals surface area contributed by atoms with Crippen LogP contribution < -0.4 is 0 Å². The summed E-state index contributed by atoms with van der Waals surface area (Å²) in [5.41, 5.74) is 0.621. The Morgan fingerprint density at radius 1 is 1.00 bits per heavy atom. The molecule has 2 amide bonds. The third-order valence-electron chi connectivity index (χ3n) is 9.75. The lowest BCUT2D eigenvalue weighted by molar-refractivity contribution is -0.131. The summed E-state index contributed by atoms with van der Waals surface area (Å²) in [6.07, 6.45) is 6.81. The minimum atomic E-state index is -1.47. The quantitative estimate of drug-likeness (QED) is 0.399. The number of rotatable bonds is 6. The molecule has 1 aromatic carbocycles. The van der Waals surface area contributed by atoms with E-state index in [0.29, 0.717) is 49.0 Å². The highest BCUT2D eigenvalue weighted by molar-refractivity contribution is 5.73. The molecule has 6 rings (SSSR count). The Bertz CT molecular complexity index is 1540. The van der Waals surface area contributed by atoms with E-state index in [9.17, 15) is 14.7 Å². The molecule has 2 aliphatic heterocycles. The Hall–Kier alpha value is -3.79. The number of amides is 2. The average molecular weight is 602 g/mol. The highest BCUT2D eigenvalue weighted by atomic mass is 16.6. The van der Waals surface area contributed by atoms with E-state index in [-0.39, 0.29) is 17.2 Å². The second-order valence-corrected chi connectivity index (χ2v) is 14.4. The second kappa shape index (κ2) is 10.7. The Kier molecular flexibility index (Phi) is 7.34. The molecular weight excluding hydrogens is 558 g/mol. The molecule has 3 fully saturated rings. The summed E-state index contributed by atoms with van der Waals surface area (Å²) >= 11 is 0. The molecule has 0 bridgehead atoms. The molecule has 1 unspecified atom stereocenters. The first-order valence-electron chi connectivity index (χ1n) is 15.6. The summed E-state index contributed by atoms with van der Waals surface area (Å²) in [4.78, 5) is 37.3. The second-order valence-electron chi connectivity index (χ2n) is 14.4. The van der Waals surface area contributed by atoms with Crippen molar-refractivity contribution in [3.63, 3.8) is 0 Å². The van der Waals surface area contributed by atoms with Crippen LogP contribution in [0.4, 0.5) is 4.79 Å². The predicted octanol–water partition coefficient (Wildman–Crippen LogP) is 5.40. The van der Waals surface area contributed by atoms with Crippen LogP contribution in [0.2, 0.25) is 0 Å². The molecule has 44 heavy (non-hydrogen) atoms. The first-order valence-corrected chi connectivity index (χ1v) is 15.6. The van der Waals surface area contributed by atoms with Crippen LogP contribution in [0.3, 0.4) is 0 Å². The van der Waals surface area contributed by atoms with E-state index in [1.165, 1.54) is 5.56 Å². The Morgan fingerprint density at radius 2 is 1.66 bits per heavy atom. The van der Waals surface area contributed by atoms with Crippen LogP contribution in [0, 0.1) is 5.41 Å². The maximum Gasteiger partial charge on any atom is 0.410 e. The number of aliphatic hydroxyl groups is 1. The molecule has 2 aromatic heterocycles.